The summed E-state index contributed by atoms with van der Waals surface area (Å²) < 4.78 is 0. The van der Waals surface area contributed by atoms with Crippen LogP contribution in [0.2, 0.25) is 0 Å². The molecule has 2 heterocycles. The molecule has 0 spiro atoms. The molecule has 2 fully saturated rings. The molecule has 2 aliphatic heterocycles. The van der Waals surface area contributed by atoms with Gasteiger partial charge in [0.05, 0.1) is 5.41 Å². The zero-order chi connectivity index (χ0) is 14.4. The minimum absolute atomic E-state index is 0.126. The first-order valence-corrected chi connectivity index (χ1v) is 8.41. The first-order valence-electron chi connectivity index (χ1n) is 8.41. The quantitative estimate of drug-likeness (QED) is 0.777. The van der Waals surface area contributed by atoms with Crippen molar-refractivity contribution >= 4 is 5.91 Å². The van der Waals surface area contributed by atoms with Gasteiger partial charge in [-0.05, 0) is 57.8 Å². The molecule has 20 heavy (non-hydrogen) atoms. The van der Waals surface area contributed by atoms with Crippen molar-refractivity contribution in [1.29, 1.82) is 0 Å². The number of hydrogen-bond acceptors (Lipinski definition) is 3. The molecule has 0 aromatic carbocycles. The van der Waals surface area contributed by atoms with E-state index >= 15 is 0 Å². The van der Waals surface area contributed by atoms with E-state index in [-0.39, 0.29) is 5.41 Å². The fourth-order valence-electron chi connectivity index (χ4n) is 3.67. The minimum Gasteiger partial charge on any atom is -0.355 e. The lowest BCUT2D eigenvalue weighted by atomic mass is 9.81. The molecule has 0 bridgehead atoms. The normalized spacial score (nSPS) is 28.7. The monoisotopic (exact) mass is 281 g/mol. The van der Waals surface area contributed by atoms with Crippen molar-refractivity contribution in [3.63, 3.8) is 0 Å². The van der Waals surface area contributed by atoms with E-state index in [2.05, 4.69) is 29.4 Å². The second-order valence-corrected chi connectivity index (χ2v) is 6.54. The van der Waals surface area contributed by atoms with Crippen molar-refractivity contribution in [2.75, 3.05) is 39.3 Å². The minimum atomic E-state index is -0.126. The highest BCUT2D eigenvalue weighted by Crippen LogP contribution is 2.31. The maximum atomic E-state index is 12.6. The molecule has 1 amide bonds. The van der Waals surface area contributed by atoms with Crippen LogP contribution in [0.25, 0.3) is 0 Å². The highest BCUT2D eigenvalue weighted by Gasteiger charge is 2.40. The number of piperidine rings is 1. The molecule has 116 valence electrons. The Morgan fingerprint density at radius 1 is 1.35 bits per heavy atom. The zero-order valence-electron chi connectivity index (χ0n) is 13.2. The Bertz CT molecular complexity index is 305. The van der Waals surface area contributed by atoms with Crippen LogP contribution in [-0.4, -0.2) is 50.1 Å². The molecule has 2 saturated heterocycles. The highest BCUT2D eigenvalue weighted by atomic mass is 16.2. The van der Waals surface area contributed by atoms with Gasteiger partial charge in [-0.25, -0.2) is 0 Å². The molecule has 1 atom stereocenters. The van der Waals surface area contributed by atoms with Gasteiger partial charge in [0.1, 0.15) is 0 Å². The van der Waals surface area contributed by atoms with Gasteiger partial charge in [0, 0.05) is 13.1 Å². The first-order chi connectivity index (χ1) is 9.70. The van der Waals surface area contributed by atoms with Crippen molar-refractivity contribution in [2.45, 2.75) is 46.0 Å². The Morgan fingerprint density at radius 2 is 2.10 bits per heavy atom. The molecule has 0 radical (unpaired) electrons. The Morgan fingerprint density at radius 3 is 2.65 bits per heavy atom. The topological polar surface area (TPSA) is 44.4 Å². The largest absolute Gasteiger partial charge is 0.355 e. The van der Waals surface area contributed by atoms with Crippen LogP contribution < -0.4 is 10.6 Å². The van der Waals surface area contributed by atoms with Crippen LogP contribution in [0.5, 0.6) is 0 Å². The van der Waals surface area contributed by atoms with E-state index in [1.807, 2.05) is 0 Å². The predicted octanol–water partition coefficient (Wildman–Crippen LogP) is 1.61. The molecule has 2 N–H and O–H groups in total. The van der Waals surface area contributed by atoms with Gasteiger partial charge in [-0.15, -0.1) is 0 Å². The maximum Gasteiger partial charge on any atom is 0.227 e. The second kappa shape index (κ2) is 7.41. The lowest BCUT2D eigenvalue weighted by Crippen LogP contribution is -2.45. The van der Waals surface area contributed by atoms with E-state index in [1.54, 1.807) is 0 Å². The lowest BCUT2D eigenvalue weighted by molar-refractivity contribution is -0.130. The summed E-state index contributed by atoms with van der Waals surface area (Å²) in [5.41, 5.74) is -0.126. The van der Waals surface area contributed by atoms with Crippen LogP contribution in [0.3, 0.4) is 0 Å². The van der Waals surface area contributed by atoms with Gasteiger partial charge < -0.3 is 15.5 Å². The van der Waals surface area contributed by atoms with Gasteiger partial charge in [0.25, 0.3) is 0 Å². The summed E-state index contributed by atoms with van der Waals surface area (Å²) in [5.74, 6) is 0.969. The highest BCUT2D eigenvalue weighted by molar-refractivity contribution is 5.83. The van der Waals surface area contributed by atoms with Crippen molar-refractivity contribution in [3.05, 3.63) is 0 Å². The van der Waals surface area contributed by atoms with E-state index < -0.39 is 0 Å². The van der Waals surface area contributed by atoms with E-state index in [1.165, 1.54) is 25.9 Å². The number of carbonyl (C=O) groups is 1. The molecule has 4 nitrogen and oxygen atoms in total. The number of hydrogen-bond donors (Lipinski definition) is 2. The van der Waals surface area contributed by atoms with Crippen molar-refractivity contribution in [3.8, 4) is 0 Å². The molecule has 4 heteroatoms. The summed E-state index contributed by atoms with van der Waals surface area (Å²) in [6, 6.07) is 0. The van der Waals surface area contributed by atoms with Gasteiger partial charge in [0.15, 0.2) is 0 Å². The summed E-state index contributed by atoms with van der Waals surface area (Å²) in [5, 5.41) is 6.62. The number of nitrogens with one attached hydrogen (secondary N) is 2. The zero-order valence-corrected chi connectivity index (χ0v) is 13.2. The van der Waals surface area contributed by atoms with Crippen LogP contribution in [0.15, 0.2) is 0 Å². The Balaban J connectivity index is 1.77. The molecule has 2 aliphatic rings. The van der Waals surface area contributed by atoms with E-state index in [9.17, 15) is 4.79 Å². The standard InChI is InChI=1S/C16H31N3O/c1-3-7-16(8-9-17-13-16)15(20)18-12-14-5-10-19(4-2)11-6-14/h14,17H,3-13H2,1-2H3,(H,18,20). The third kappa shape index (κ3) is 3.73. The van der Waals surface area contributed by atoms with E-state index in [0.717, 1.165) is 45.4 Å². The smallest absolute Gasteiger partial charge is 0.227 e. The van der Waals surface area contributed by atoms with Crippen molar-refractivity contribution in [1.82, 2.24) is 15.5 Å². The Labute approximate surface area is 123 Å². The number of rotatable bonds is 6. The molecule has 0 aliphatic carbocycles. The summed E-state index contributed by atoms with van der Waals surface area (Å²) in [7, 11) is 0. The fraction of sp³-hybridized carbons (Fsp3) is 0.938. The average Bonchev–Trinajstić information content (AvgIpc) is 2.95. The average molecular weight is 281 g/mol. The maximum absolute atomic E-state index is 12.6. The van der Waals surface area contributed by atoms with Crippen LogP contribution in [0.4, 0.5) is 0 Å². The van der Waals surface area contributed by atoms with Gasteiger partial charge in [-0.1, -0.05) is 20.3 Å². The number of carbonyl (C=O) groups excluding carboxylic acids is 1. The third-order valence-electron chi connectivity index (χ3n) is 5.16. The van der Waals surface area contributed by atoms with Crippen LogP contribution >= 0.6 is 0 Å². The van der Waals surface area contributed by atoms with Gasteiger partial charge >= 0.3 is 0 Å². The van der Waals surface area contributed by atoms with Gasteiger partial charge in [0.2, 0.25) is 5.91 Å². The molecule has 0 aromatic rings. The first kappa shape index (κ1) is 15.8. The summed E-state index contributed by atoms with van der Waals surface area (Å²) in [4.78, 5) is 15.1. The SMILES string of the molecule is CCCC1(C(=O)NCC2CCN(CC)CC2)CCNC1. The molecule has 2 rings (SSSR count). The second-order valence-electron chi connectivity index (χ2n) is 6.54. The van der Waals surface area contributed by atoms with Crippen LogP contribution in [-0.2, 0) is 4.79 Å². The van der Waals surface area contributed by atoms with E-state index in [0.29, 0.717) is 11.8 Å². The summed E-state index contributed by atoms with van der Waals surface area (Å²) in [6.07, 6.45) is 5.56. The summed E-state index contributed by atoms with van der Waals surface area (Å²) in [6.45, 7) is 10.7. The predicted molar refractivity (Wildman–Crippen MR) is 82.7 cm³/mol. The van der Waals surface area contributed by atoms with Crippen molar-refractivity contribution < 1.29 is 4.79 Å². The number of likely N-dealkylation sites (tertiary alicyclic amines) is 1. The van der Waals surface area contributed by atoms with Gasteiger partial charge in [-0.2, -0.15) is 0 Å². The molecule has 1 unspecified atom stereocenters. The number of amides is 1. The van der Waals surface area contributed by atoms with Crippen molar-refractivity contribution in [2.24, 2.45) is 11.3 Å². The Hall–Kier alpha value is -0.610. The lowest BCUT2D eigenvalue weighted by Gasteiger charge is -2.32. The van der Waals surface area contributed by atoms with Gasteiger partial charge in [-0.3, -0.25) is 4.79 Å². The van der Waals surface area contributed by atoms with E-state index in [4.69, 9.17) is 0 Å². The summed E-state index contributed by atoms with van der Waals surface area (Å²) >= 11 is 0. The molecular weight excluding hydrogens is 250 g/mol. The molecule has 0 aromatic heterocycles. The Kier molecular flexibility index (Phi) is 5.85. The molecular formula is C16H31N3O. The van der Waals surface area contributed by atoms with Crippen LogP contribution in [0, 0.1) is 11.3 Å². The third-order valence-corrected chi connectivity index (χ3v) is 5.16. The molecule has 0 saturated carbocycles. The fourth-order valence-corrected chi connectivity index (χ4v) is 3.67. The number of nitrogens with zero attached hydrogens (tertiary/aromatic N) is 1. The van der Waals surface area contributed by atoms with Crippen LogP contribution in [0.1, 0.15) is 46.0 Å².